The average Bonchev–Trinajstić information content (AvgIpc) is 3.89. The summed E-state index contributed by atoms with van der Waals surface area (Å²) in [4.78, 5) is 67.9. The predicted octanol–water partition coefficient (Wildman–Crippen LogP) is 6.63. The lowest BCUT2D eigenvalue weighted by Gasteiger charge is -2.11. The number of halogens is 11. The zero-order chi connectivity index (χ0) is 50.8. The van der Waals surface area contributed by atoms with Gasteiger partial charge in [-0.05, 0) is 35.9 Å². The Hall–Kier alpha value is -7.19. The van der Waals surface area contributed by atoms with Crippen LogP contribution < -0.4 is 41.8 Å². The highest BCUT2D eigenvalue weighted by atomic mass is 32.1. The van der Waals surface area contributed by atoms with Crippen LogP contribution in [0.3, 0.4) is 0 Å². The summed E-state index contributed by atoms with van der Waals surface area (Å²) in [5, 5.41) is 21.1. The second kappa shape index (κ2) is 25.1. The number of hydrogen-bond acceptors (Lipinski definition) is 16. The average molecular weight is 1020 g/mol. The summed E-state index contributed by atoms with van der Waals surface area (Å²) in [6.07, 6.45) is -11.7. The fraction of sp³-hybridized carbons (Fsp3) is 0.278. The maximum Gasteiger partial charge on any atom is 0.490 e. The minimum atomic E-state index is -5.08. The number of nitrogens with one attached hydrogen (secondary N) is 5. The maximum absolute atomic E-state index is 13.3. The third-order valence-corrected chi connectivity index (χ3v) is 9.27. The molecular formula is C36H33F11N12O7S2. The van der Waals surface area contributed by atoms with Crippen molar-refractivity contribution in [3.8, 4) is 11.8 Å². The molecule has 0 fully saturated rings. The molecule has 0 saturated carbocycles. The van der Waals surface area contributed by atoms with Gasteiger partial charge in [0.2, 0.25) is 11.8 Å². The van der Waals surface area contributed by atoms with Gasteiger partial charge in [0, 0.05) is 38.3 Å². The number of anilines is 2. The largest absolute Gasteiger partial charge is 0.490 e. The molecule has 32 heteroatoms. The van der Waals surface area contributed by atoms with Crippen LogP contribution in [0.15, 0.2) is 49.1 Å². The summed E-state index contributed by atoms with van der Waals surface area (Å²) in [5.41, 5.74) is 3.58. The number of aliphatic carboxylic acids is 1. The second-order valence-electron chi connectivity index (χ2n) is 12.3. The van der Waals surface area contributed by atoms with E-state index in [1.165, 1.54) is 44.3 Å². The quantitative estimate of drug-likeness (QED) is 0.0385. The third kappa shape index (κ3) is 17.2. The van der Waals surface area contributed by atoms with Crippen LogP contribution in [0.2, 0.25) is 0 Å². The van der Waals surface area contributed by atoms with Crippen molar-refractivity contribution in [2.24, 2.45) is 5.73 Å². The minimum absolute atomic E-state index is 0.0863. The molecule has 0 aliphatic carbocycles. The first-order valence-electron chi connectivity index (χ1n) is 18.2. The molecule has 0 spiro atoms. The van der Waals surface area contributed by atoms with Gasteiger partial charge >= 0.3 is 36.6 Å². The molecule has 0 radical (unpaired) electrons. The monoisotopic (exact) mass is 1020 g/mol. The van der Waals surface area contributed by atoms with Crippen LogP contribution >= 0.6 is 22.7 Å². The van der Waals surface area contributed by atoms with Crippen LogP contribution in [0.25, 0.3) is 20.7 Å². The predicted molar refractivity (Wildman–Crippen MR) is 220 cm³/mol. The number of alkyl halides is 9. The zero-order valence-corrected chi connectivity index (χ0v) is 36.0. The zero-order valence-electron chi connectivity index (χ0n) is 34.4. The smallest absolute Gasteiger partial charge is 0.479 e. The molecule has 8 N–H and O–H groups in total. The van der Waals surface area contributed by atoms with Gasteiger partial charge in [0.15, 0.2) is 31.0 Å². The summed E-state index contributed by atoms with van der Waals surface area (Å²) < 4.78 is 142. The van der Waals surface area contributed by atoms with Crippen molar-refractivity contribution < 1.29 is 82.1 Å². The number of nitrogens with two attached hydrogens (primary N) is 1. The van der Waals surface area contributed by atoms with Crippen LogP contribution in [0.4, 0.5) is 68.1 Å². The highest BCUT2D eigenvalue weighted by Gasteiger charge is 2.38. The number of carboxylic acids is 1. The minimum Gasteiger partial charge on any atom is -0.479 e. The van der Waals surface area contributed by atoms with E-state index in [0.29, 0.717) is 67.9 Å². The summed E-state index contributed by atoms with van der Waals surface area (Å²) >= 11 is 2.39. The Morgan fingerprint density at radius 2 is 1.16 bits per heavy atom. The van der Waals surface area contributed by atoms with Crippen molar-refractivity contribution in [3.05, 3.63) is 82.9 Å². The Labute approximate surface area is 381 Å². The van der Waals surface area contributed by atoms with Crippen LogP contribution in [0.5, 0.6) is 11.8 Å². The number of hydrogen-bond donors (Lipinski definition) is 7. The number of aldehydes is 1. The molecule has 2 aromatic carbocycles. The molecular weight excluding hydrogens is 986 g/mol. The molecule has 6 aromatic rings. The number of fused-ring (bicyclic) bond motifs is 2. The molecule has 0 atom stereocenters. The fourth-order valence-electron chi connectivity index (χ4n) is 4.57. The summed E-state index contributed by atoms with van der Waals surface area (Å²) in [5.74, 6) is -4.77. The van der Waals surface area contributed by atoms with Gasteiger partial charge < -0.3 is 36.3 Å². The van der Waals surface area contributed by atoms with Gasteiger partial charge in [0.25, 0.3) is 0 Å². The van der Waals surface area contributed by atoms with Crippen LogP contribution in [-0.2, 0) is 23.7 Å². The van der Waals surface area contributed by atoms with E-state index in [4.69, 9.17) is 25.1 Å². The molecule has 4 amide bonds. The highest BCUT2D eigenvalue weighted by Crippen LogP contribution is 2.33. The van der Waals surface area contributed by atoms with Gasteiger partial charge in [-0.3, -0.25) is 15.4 Å². The van der Waals surface area contributed by atoms with Gasteiger partial charge in [-0.15, -0.1) is 0 Å². The Bertz CT molecular complexity index is 2650. The summed E-state index contributed by atoms with van der Waals surface area (Å²) in [6.45, 7) is 1.36. The molecule has 19 nitrogen and oxygen atoms in total. The first-order chi connectivity index (χ1) is 31.9. The number of nitrogens with zero attached hydrogens (tertiary/aromatic N) is 6. The third-order valence-electron chi connectivity index (χ3n) is 7.51. The normalized spacial score (nSPS) is 11.1. The lowest BCUT2D eigenvalue weighted by molar-refractivity contribution is -0.192. The van der Waals surface area contributed by atoms with E-state index in [1.54, 1.807) is 0 Å². The number of carboxylic acid groups (broad SMARTS) is 1. The number of aromatic nitrogens is 6. The van der Waals surface area contributed by atoms with Crippen LogP contribution in [-0.4, -0.2) is 106 Å². The lowest BCUT2D eigenvalue weighted by atomic mass is 10.1. The number of methoxy groups -OCH3 is 2. The van der Waals surface area contributed by atoms with Crippen molar-refractivity contribution in [1.29, 1.82) is 0 Å². The van der Waals surface area contributed by atoms with Gasteiger partial charge in [0.1, 0.15) is 30.6 Å². The number of thiazole rings is 2. The molecule has 0 bridgehead atoms. The van der Waals surface area contributed by atoms with Crippen molar-refractivity contribution >= 4 is 77.9 Å². The van der Waals surface area contributed by atoms with Gasteiger partial charge in [-0.2, -0.15) is 49.5 Å². The van der Waals surface area contributed by atoms with Gasteiger partial charge in [0.05, 0.1) is 25.3 Å². The van der Waals surface area contributed by atoms with E-state index < -0.39 is 53.3 Å². The van der Waals surface area contributed by atoms with E-state index in [9.17, 15) is 62.7 Å². The second-order valence-corrected chi connectivity index (χ2v) is 14.3. The van der Waals surface area contributed by atoms with Gasteiger partial charge in [-0.1, -0.05) is 28.7 Å². The standard InChI is InChI=1S/C17H16F4N6O2S.C9H12N6O2S.C8H4F4O.C2HF3O2/c1-29-13-12-14(25-8-24-13)30-16(26-12)27-15(28)23-5-4-22-7-9-2-3-11(18)10(6-9)17(19,20)21;1-17-6-5-7(13-4-12-6)18-9(14-5)15-8(16)11-3-2-10;9-7-2-1-5(4-13)3-6(7)8(10,11)12;3-2(4,5)1(6)7/h2-3,6,8,22H,4-5,7H2,1H3,(H2,23,26,27,28);4H,2-3,10H2,1H3,(H2,11,14,15,16);1-4H;(H,6,7). The molecule has 0 unspecified atom stereocenters. The molecule has 68 heavy (non-hydrogen) atoms. The Balaban J connectivity index is 0.000000272. The van der Waals surface area contributed by atoms with E-state index in [-0.39, 0.29) is 43.1 Å². The topological polar surface area (TPSA) is 270 Å². The van der Waals surface area contributed by atoms with Crippen molar-refractivity contribution in [1.82, 2.24) is 45.9 Å². The van der Waals surface area contributed by atoms with Gasteiger partial charge in [-0.25, -0.2) is 43.1 Å². The Morgan fingerprint density at radius 1 is 0.706 bits per heavy atom. The van der Waals surface area contributed by atoms with Crippen LogP contribution in [0, 0.1) is 11.6 Å². The molecule has 0 saturated heterocycles. The van der Waals surface area contributed by atoms with E-state index >= 15 is 0 Å². The molecule has 4 aromatic heterocycles. The van der Waals surface area contributed by atoms with E-state index in [1.807, 2.05) is 0 Å². The molecule has 6 rings (SSSR count). The molecule has 4 heterocycles. The van der Waals surface area contributed by atoms with Crippen molar-refractivity contribution in [3.63, 3.8) is 0 Å². The molecule has 0 aliphatic heterocycles. The highest BCUT2D eigenvalue weighted by molar-refractivity contribution is 7.22. The Kier molecular flexibility index (Phi) is 20.3. The number of ether oxygens (including phenoxy) is 2. The summed E-state index contributed by atoms with van der Waals surface area (Å²) in [6, 6.07) is 4.01. The number of amides is 4. The molecule has 0 aliphatic rings. The SMILES string of the molecule is COc1ncnc2sc(NC(=O)NCCN)nc12.COc1ncnc2sc(NC(=O)NCCNCc3ccc(F)c(C(F)(F)F)c3)nc12.O=C(O)C(F)(F)F.O=Cc1ccc(F)c(C(F)(F)F)c1. The Morgan fingerprint density at radius 3 is 1.59 bits per heavy atom. The maximum atomic E-state index is 13.3. The number of urea groups is 2. The van der Waals surface area contributed by atoms with Crippen molar-refractivity contribution in [2.75, 3.05) is 51.0 Å². The van der Waals surface area contributed by atoms with E-state index in [0.717, 1.165) is 29.5 Å². The fourth-order valence-corrected chi connectivity index (χ4v) is 6.16. The van der Waals surface area contributed by atoms with E-state index in [2.05, 4.69) is 56.5 Å². The number of carbonyl (C=O) groups excluding carboxylic acids is 3. The van der Waals surface area contributed by atoms with Crippen molar-refractivity contribution in [2.45, 2.75) is 25.1 Å². The lowest BCUT2D eigenvalue weighted by Crippen LogP contribution is -2.34. The number of benzene rings is 2. The van der Waals surface area contributed by atoms with Crippen LogP contribution in [0.1, 0.15) is 27.0 Å². The number of carbonyl (C=O) groups is 4. The summed E-state index contributed by atoms with van der Waals surface area (Å²) in [7, 11) is 2.95. The molecule has 368 valence electrons. The first-order valence-corrected chi connectivity index (χ1v) is 19.8. The number of rotatable bonds is 12. The first kappa shape index (κ1) is 55.1.